The predicted molar refractivity (Wildman–Crippen MR) is 476 cm³/mol. The first-order valence-corrected chi connectivity index (χ1v) is 66.7. The molecule has 0 saturated heterocycles. The molecule has 108 heavy (non-hydrogen) atoms. The lowest BCUT2D eigenvalue weighted by Gasteiger charge is -2.49. The first kappa shape index (κ1) is 77.3. The fourth-order valence-corrected chi connectivity index (χ4v) is 64.7. The Balaban J connectivity index is 0.738. The lowest BCUT2D eigenvalue weighted by molar-refractivity contribution is 0.440. The molecule has 0 aromatic heterocycles. The van der Waals surface area contributed by atoms with Crippen LogP contribution in [0, 0.1) is 0 Å². The van der Waals surface area contributed by atoms with E-state index in [0.717, 1.165) is 64.2 Å². The van der Waals surface area contributed by atoms with Crippen molar-refractivity contribution in [2.24, 2.45) is 0 Å². The molecule has 8 aromatic carbocycles. The lowest BCUT2D eigenvalue weighted by Crippen LogP contribution is -2.53. The second kappa shape index (κ2) is 29.9. The van der Waals surface area contributed by atoms with Gasteiger partial charge in [-0.1, -0.05) is 176 Å². The van der Waals surface area contributed by atoms with Gasteiger partial charge in [0.2, 0.25) is 0 Å². The van der Waals surface area contributed by atoms with E-state index in [-0.39, 0.29) is 0 Å². The summed E-state index contributed by atoms with van der Waals surface area (Å²) < 4.78 is 32.3. The van der Waals surface area contributed by atoms with Crippen LogP contribution in [0.5, 0.6) is 0 Å². The number of fused-ring (bicyclic) bond motifs is 8. The van der Waals surface area contributed by atoms with Gasteiger partial charge in [0, 0.05) is 0 Å². The number of hydrogen-bond acceptors (Lipinski definition) is 4. The minimum atomic E-state index is -2.43. The molecule has 0 spiro atoms. The molecule has 11 unspecified atom stereocenters. The molecule has 0 amide bonds. The molecule has 0 radical (unpaired) electrons. The van der Waals surface area contributed by atoms with Gasteiger partial charge in [-0.25, -0.2) is 0 Å². The van der Waals surface area contributed by atoms with Crippen LogP contribution in [0.2, 0.25) is 149 Å². The van der Waals surface area contributed by atoms with Crippen molar-refractivity contribution >= 4 is 66.5 Å². The Bertz CT molecular complexity index is 4620. The van der Waals surface area contributed by atoms with Crippen LogP contribution < -0.4 is 0 Å². The summed E-state index contributed by atoms with van der Waals surface area (Å²) in [6.07, 6.45) is 24.5. The zero-order chi connectivity index (χ0) is 75.5. The predicted octanol–water partition coefficient (Wildman–Crippen LogP) is 25.2. The fourth-order valence-electron chi connectivity index (χ4n) is 24.1. The maximum absolute atomic E-state index is 8.23. The first-order chi connectivity index (χ1) is 51.3. The number of rotatable bonds is 19. The molecule has 4 nitrogen and oxygen atoms in total. The van der Waals surface area contributed by atoms with E-state index < -0.39 is 66.5 Å². The van der Waals surface area contributed by atoms with Crippen molar-refractivity contribution in [3.05, 3.63) is 282 Å². The highest BCUT2D eigenvalue weighted by Crippen LogP contribution is 2.56. The van der Waals surface area contributed by atoms with Crippen LogP contribution in [-0.4, -0.2) is 66.5 Å². The lowest BCUT2D eigenvalue weighted by atomic mass is 9.74. The van der Waals surface area contributed by atoms with Crippen molar-refractivity contribution in [1.29, 1.82) is 0 Å². The van der Waals surface area contributed by atoms with Gasteiger partial charge in [0.25, 0.3) is 0 Å². The smallest absolute Gasteiger partial charge is 0.177 e. The Morgan fingerprint density at radius 1 is 0.194 bits per heavy atom. The van der Waals surface area contributed by atoms with Crippen molar-refractivity contribution in [2.45, 2.75) is 302 Å². The summed E-state index contributed by atoms with van der Waals surface area (Å²) in [5.41, 5.74) is 34.4. The Kier molecular flexibility index (Phi) is 21.4. The molecule has 8 aliphatic carbocycles. The van der Waals surface area contributed by atoms with Crippen LogP contribution in [-0.2, 0) is 119 Å². The minimum Gasteiger partial charge on any atom is -0.455 e. The Morgan fingerprint density at radius 2 is 0.380 bits per heavy atom. The molecular formula is C96H130O4Si8. The van der Waals surface area contributed by atoms with Gasteiger partial charge in [0.1, 0.15) is 0 Å². The van der Waals surface area contributed by atoms with Crippen molar-refractivity contribution < 1.29 is 16.5 Å². The number of hydrogen-bond donors (Lipinski definition) is 0. The van der Waals surface area contributed by atoms with Gasteiger partial charge in [0.05, 0.1) is 0 Å². The summed E-state index contributed by atoms with van der Waals surface area (Å²) in [5.74, 6) is 1.15. The largest absolute Gasteiger partial charge is 0.455 e. The van der Waals surface area contributed by atoms with Crippen LogP contribution in [0.4, 0.5) is 0 Å². The SMILES string of the molecule is C[Si](C)(O[Si](C)(C)C1CCc2ccc(C3Cc4cc(C5Cc6cc(C7Cc8ccccc8CC7[Si](C)(C)O[Si](C)(C)C7CCc8ccccc8C7)ccc6CC5[Si](C)(C)O[Si](C)(C)C5CCc6ccccc6C5)ccc4CC3[Si](C)(C)O[Si](C)(C)C3CCc4ccccc4C3)cc2C1)C1CCc2ccccc2C1. The molecule has 0 saturated carbocycles. The quantitative estimate of drug-likeness (QED) is 0.0756. The zero-order valence-electron chi connectivity index (χ0n) is 69.1. The van der Waals surface area contributed by atoms with Crippen molar-refractivity contribution in [3.63, 3.8) is 0 Å². The van der Waals surface area contributed by atoms with Crippen LogP contribution in [0.25, 0.3) is 0 Å². The van der Waals surface area contributed by atoms with Crippen LogP contribution in [0.3, 0.4) is 0 Å². The average molecular weight is 1570 g/mol. The summed E-state index contributed by atoms with van der Waals surface area (Å²) >= 11 is 0. The standard InChI is InChI=1S/C96H130O4Si8/c1-101(2,86-48-43-67-27-17-21-31-72(67)56-86)97-102(3,4)90-52-47-71-37-40-80(53-83(71)60-90)92-62-85-55-82(42-39-79(85)65-95(92)107(13,14)99-104(7,8)88-50-45-69-29-19-23-33-74(69)58-88)93-63-84-54-81(41-38-78(84)66-96(93)108(15,16)100-105(9,10)89-51-46-70-30-20-24-34-75(70)59-89)91-61-76-35-25-26-36-77(76)64-94(91)106(11,12)98-103(5,6)87-49-44-68-28-18-22-32-73(68)57-87/h17-42,53-55,86-96H,43-52,56-66H2,1-16H3. The highest BCUT2D eigenvalue weighted by atomic mass is 28.4. The van der Waals surface area contributed by atoms with Gasteiger partial charge in [-0.05, 0) is 407 Å². The van der Waals surface area contributed by atoms with E-state index in [1.165, 1.54) is 70.6 Å². The van der Waals surface area contributed by atoms with Gasteiger partial charge in [0.15, 0.2) is 66.5 Å². The minimum absolute atomic E-state index is 0.358. The van der Waals surface area contributed by atoms with E-state index in [0.29, 0.717) is 62.1 Å². The molecule has 0 heterocycles. The van der Waals surface area contributed by atoms with Gasteiger partial charge in [-0.2, -0.15) is 0 Å². The van der Waals surface area contributed by atoms with E-state index in [2.05, 4.69) is 281 Å². The second-order valence-electron chi connectivity index (χ2n) is 40.2. The van der Waals surface area contributed by atoms with E-state index in [1.807, 2.05) is 0 Å². The summed E-state index contributed by atoms with van der Waals surface area (Å²) in [6.45, 7) is 41.9. The molecule has 0 bridgehead atoms. The maximum atomic E-state index is 8.23. The van der Waals surface area contributed by atoms with Crippen molar-refractivity contribution in [3.8, 4) is 0 Å². The van der Waals surface area contributed by atoms with E-state index >= 15 is 0 Å². The van der Waals surface area contributed by atoms with Crippen LogP contribution in [0.1, 0.15) is 156 Å². The monoisotopic (exact) mass is 1570 g/mol. The summed E-state index contributed by atoms with van der Waals surface area (Å²) in [4.78, 5) is 0. The van der Waals surface area contributed by atoms with Crippen LogP contribution in [0.15, 0.2) is 176 Å². The fraction of sp³-hybridized carbons (Fsp3) is 0.500. The summed E-state index contributed by atoms with van der Waals surface area (Å²) in [5, 5.41) is 0. The molecule has 0 aliphatic heterocycles. The van der Waals surface area contributed by atoms with E-state index in [1.54, 1.807) is 106 Å². The molecule has 570 valence electrons. The van der Waals surface area contributed by atoms with Gasteiger partial charge in [-0.15, -0.1) is 0 Å². The topological polar surface area (TPSA) is 36.9 Å². The molecule has 8 aliphatic rings. The molecule has 8 aromatic rings. The second-order valence-corrected chi connectivity index (χ2v) is 75.5. The van der Waals surface area contributed by atoms with Gasteiger partial charge >= 0.3 is 0 Å². The maximum Gasteiger partial charge on any atom is 0.177 e. The molecular weight excluding hydrogens is 1440 g/mol. The molecule has 0 N–H and O–H groups in total. The average Bonchev–Trinajstić information content (AvgIpc) is 0.747. The third kappa shape index (κ3) is 15.8. The Morgan fingerprint density at radius 3 is 0.657 bits per heavy atom. The molecule has 0 fully saturated rings. The van der Waals surface area contributed by atoms with Crippen molar-refractivity contribution in [1.82, 2.24) is 0 Å². The normalized spacial score (nSPS) is 25.4. The van der Waals surface area contributed by atoms with Crippen molar-refractivity contribution in [2.75, 3.05) is 0 Å². The first-order valence-electron chi connectivity index (χ1n) is 42.8. The molecule has 16 rings (SSSR count). The van der Waals surface area contributed by atoms with Crippen LogP contribution >= 0.6 is 0 Å². The highest BCUT2D eigenvalue weighted by Gasteiger charge is 2.54. The van der Waals surface area contributed by atoms with E-state index in [9.17, 15) is 0 Å². The summed E-state index contributed by atoms with van der Waals surface area (Å²) in [7, 11) is -17.7. The van der Waals surface area contributed by atoms with Gasteiger partial charge in [-0.3, -0.25) is 0 Å². The third-order valence-corrected chi connectivity index (χ3v) is 66.8. The Hall–Kier alpha value is -4.66. The highest BCUT2D eigenvalue weighted by molar-refractivity contribution is 6.88. The summed E-state index contributed by atoms with van der Waals surface area (Å²) in [6, 6.07) is 70.9. The number of benzene rings is 8. The molecule has 11 atom stereocenters. The number of aryl methyl sites for hydroxylation is 5. The third-order valence-electron chi connectivity index (χ3n) is 30.5. The zero-order valence-corrected chi connectivity index (χ0v) is 77.1. The van der Waals surface area contributed by atoms with Gasteiger partial charge < -0.3 is 16.5 Å². The van der Waals surface area contributed by atoms with E-state index in [4.69, 9.17) is 16.5 Å². The molecule has 12 heteroatoms. The Labute approximate surface area is 661 Å².